The van der Waals surface area contributed by atoms with E-state index < -0.39 is 15.6 Å². The van der Waals surface area contributed by atoms with Crippen LogP contribution in [0.3, 0.4) is 0 Å². The van der Waals surface area contributed by atoms with E-state index in [1.54, 1.807) is 24.3 Å². The molecule has 0 atom stereocenters. The molecule has 0 radical (unpaired) electrons. The van der Waals surface area contributed by atoms with Gasteiger partial charge in [0.25, 0.3) is 0 Å². The first-order chi connectivity index (χ1) is 8.78. The molecular weight excluding hydrogens is 266 g/mol. The second kappa shape index (κ2) is 4.82. The lowest BCUT2D eigenvalue weighted by molar-refractivity contribution is -0.123. The van der Waals surface area contributed by atoms with Crippen molar-refractivity contribution in [3.8, 4) is 0 Å². The van der Waals surface area contributed by atoms with Gasteiger partial charge in [-0.1, -0.05) is 0 Å². The zero-order chi connectivity index (χ0) is 14.1. The summed E-state index contributed by atoms with van der Waals surface area (Å²) in [4.78, 5) is 11.9. The summed E-state index contributed by atoms with van der Waals surface area (Å²) in [5.74, 6) is -0.192. The number of hydrogen-bond acceptors (Lipinski definition) is 4. The Bertz CT molecular complexity index is 577. The second-order valence-corrected chi connectivity index (χ2v) is 6.66. The van der Waals surface area contributed by atoms with Crippen LogP contribution in [-0.4, -0.2) is 26.1 Å². The fourth-order valence-electron chi connectivity index (χ4n) is 1.88. The molecule has 0 aromatic heterocycles. The Labute approximate surface area is 112 Å². The fraction of sp³-hybridized carbons (Fsp3) is 0.417. The van der Waals surface area contributed by atoms with Gasteiger partial charge in [0.2, 0.25) is 15.9 Å². The summed E-state index contributed by atoms with van der Waals surface area (Å²) in [5, 5.41) is 2.73. The van der Waals surface area contributed by atoms with Crippen LogP contribution in [0.1, 0.15) is 19.3 Å². The number of anilines is 2. The molecule has 0 bridgehead atoms. The standard InChI is InChI=1S/C12H17N3O3S/c1-19(17,18)15-10-5-3-9(4-6-10)14-11(16)12(13)7-2-8-12/h3-6,15H,2,7-8,13H2,1H3,(H,14,16). The second-order valence-electron chi connectivity index (χ2n) is 4.92. The molecule has 0 heterocycles. The Kier molecular flexibility index (Phi) is 3.51. The van der Waals surface area contributed by atoms with Gasteiger partial charge in [-0.05, 0) is 43.5 Å². The smallest absolute Gasteiger partial charge is 0.244 e. The van der Waals surface area contributed by atoms with Gasteiger partial charge in [0.1, 0.15) is 0 Å². The van der Waals surface area contributed by atoms with Gasteiger partial charge < -0.3 is 11.1 Å². The van der Waals surface area contributed by atoms with Crippen molar-refractivity contribution in [3.05, 3.63) is 24.3 Å². The van der Waals surface area contributed by atoms with E-state index in [0.29, 0.717) is 24.2 Å². The highest BCUT2D eigenvalue weighted by Crippen LogP contribution is 2.30. The highest BCUT2D eigenvalue weighted by molar-refractivity contribution is 7.92. The number of nitrogens with one attached hydrogen (secondary N) is 2. The maximum absolute atomic E-state index is 11.9. The SMILES string of the molecule is CS(=O)(=O)Nc1ccc(NC(=O)C2(N)CCC2)cc1. The molecule has 1 aliphatic rings. The third-order valence-corrected chi connectivity index (χ3v) is 3.75. The average Bonchev–Trinajstić information content (AvgIpc) is 2.26. The number of rotatable bonds is 4. The number of amides is 1. The summed E-state index contributed by atoms with van der Waals surface area (Å²) >= 11 is 0. The van der Waals surface area contributed by atoms with Crippen molar-refractivity contribution in [1.29, 1.82) is 0 Å². The van der Waals surface area contributed by atoms with E-state index in [9.17, 15) is 13.2 Å². The lowest BCUT2D eigenvalue weighted by Crippen LogP contribution is -2.56. The summed E-state index contributed by atoms with van der Waals surface area (Å²) in [5.41, 5.74) is 6.21. The summed E-state index contributed by atoms with van der Waals surface area (Å²) < 4.78 is 24.4. The molecular formula is C12H17N3O3S. The molecule has 0 aliphatic heterocycles. The molecule has 0 saturated heterocycles. The van der Waals surface area contributed by atoms with Crippen molar-refractivity contribution < 1.29 is 13.2 Å². The molecule has 19 heavy (non-hydrogen) atoms. The van der Waals surface area contributed by atoms with E-state index in [0.717, 1.165) is 12.7 Å². The van der Waals surface area contributed by atoms with Crippen LogP contribution in [0.2, 0.25) is 0 Å². The summed E-state index contributed by atoms with van der Waals surface area (Å²) in [6.45, 7) is 0. The van der Waals surface area contributed by atoms with Gasteiger partial charge in [0, 0.05) is 11.4 Å². The first-order valence-corrected chi connectivity index (χ1v) is 7.86. The van der Waals surface area contributed by atoms with E-state index in [1.165, 1.54) is 0 Å². The molecule has 0 spiro atoms. The molecule has 1 aliphatic carbocycles. The van der Waals surface area contributed by atoms with Gasteiger partial charge in [-0.2, -0.15) is 0 Å². The van der Waals surface area contributed by atoms with Crippen LogP contribution in [0.5, 0.6) is 0 Å². The molecule has 1 saturated carbocycles. The van der Waals surface area contributed by atoms with Gasteiger partial charge in [-0.25, -0.2) is 8.42 Å². The molecule has 7 heteroatoms. The number of sulfonamides is 1. The van der Waals surface area contributed by atoms with Gasteiger partial charge in [0.15, 0.2) is 0 Å². The molecule has 6 nitrogen and oxygen atoms in total. The van der Waals surface area contributed by atoms with Crippen molar-refractivity contribution in [2.45, 2.75) is 24.8 Å². The van der Waals surface area contributed by atoms with E-state index in [-0.39, 0.29) is 5.91 Å². The quantitative estimate of drug-likeness (QED) is 0.763. The van der Waals surface area contributed by atoms with Crippen LogP contribution < -0.4 is 15.8 Å². The van der Waals surface area contributed by atoms with Crippen LogP contribution in [0.4, 0.5) is 11.4 Å². The molecule has 104 valence electrons. The zero-order valence-electron chi connectivity index (χ0n) is 10.6. The predicted octanol–water partition coefficient (Wildman–Crippen LogP) is 0.878. The monoisotopic (exact) mass is 283 g/mol. The van der Waals surface area contributed by atoms with E-state index in [1.807, 2.05) is 0 Å². The van der Waals surface area contributed by atoms with E-state index in [4.69, 9.17) is 5.73 Å². The molecule has 1 fully saturated rings. The maximum Gasteiger partial charge on any atom is 0.244 e. The highest BCUT2D eigenvalue weighted by atomic mass is 32.2. The summed E-state index contributed by atoms with van der Waals surface area (Å²) in [6.07, 6.45) is 3.46. The van der Waals surface area contributed by atoms with Crippen LogP contribution in [0.15, 0.2) is 24.3 Å². The predicted molar refractivity (Wildman–Crippen MR) is 74.3 cm³/mol. The van der Waals surface area contributed by atoms with Crippen LogP contribution in [0, 0.1) is 0 Å². The molecule has 2 rings (SSSR count). The van der Waals surface area contributed by atoms with Crippen molar-refractivity contribution in [1.82, 2.24) is 0 Å². The first kappa shape index (κ1) is 13.8. The summed E-state index contributed by atoms with van der Waals surface area (Å²) in [7, 11) is -3.29. The van der Waals surface area contributed by atoms with E-state index in [2.05, 4.69) is 10.0 Å². The molecule has 1 aromatic carbocycles. The zero-order valence-corrected chi connectivity index (χ0v) is 11.5. The minimum absolute atomic E-state index is 0.192. The van der Waals surface area contributed by atoms with Crippen molar-refractivity contribution in [2.75, 3.05) is 16.3 Å². The van der Waals surface area contributed by atoms with Gasteiger partial charge in [-0.15, -0.1) is 0 Å². The average molecular weight is 283 g/mol. The number of hydrogen-bond donors (Lipinski definition) is 3. The van der Waals surface area contributed by atoms with Crippen molar-refractivity contribution >= 4 is 27.3 Å². The number of benzene rings is 1. The Balaban J connectivity index is 2.01. The molecule has 1 aromatic rings. The Morgan fingerprint density at radius 3 is 2.16 bits per heavy atom. The molecule has 4 N–H and O–H groups in total. The molecule has 0 unspecified atom stereocenters. The normalized spacial score (nSPS) is 17.4. The highest BCUT2D eigenvalue weighted by Gasteiger charge is 2.40. The Morgan fingerprint density at radius 2 is 1.74 bits per heavy atom. The van der Waals surface area contributed by atoms with Crippen molar-refractivity contribution in [2.24, 2.45) is 5.73 Å². The topological polar surface area (TPSA) is 101 Å². The lowest BCUT2D eigenvalue weighted by Gasteiger charge is -2.36. The molecule has 1 amide bonds. The van der Waals surface area contributed by atoms with Crippen LogP contribution >= 0.6 is 0 Å². The Morgan fingerprint density at radius 1 is 1.21 bits per heavy atom. The summed E-state index contributed by atoms with van der Waals surface area (Å²) in [6, 6.07) is 6.43. The third-order valence-electron chi connectivity index (χ3n) is 3.14. The Hall–Kier alpha value is -1.60. The fourth-order valence-corrected chi connectivity index (χ4v) is 2.44. The first-order valence-electron chi connectivity index (χ1n) is 5.97. The lowest BCUT2D eigenvalue weighted by atomic mass is 9.77. The van der Waals surface area contributed by atoms with Gasteiger partial charge >= 0.3 is 0 Å². The largest absolute Gasteiger partial charge is 0.324 e. The number of carbonyl (C=O) groups is 1. The van der Waals surface area contributed by atoms with Crippen LogP contribution in [0.25, 0.3) is 0 Å². The minimum atomic E-state index is -3.29. The minimum Gasteiger partial charge on any atom is -0.324 e. The number of carbonyl (C=O) groups excluding carboxylic acids is 1. The van der Waals surface area contributed by atoms with Crippen LogP contribution in [-0.2, 0) is 14.8 Å². The maximum atomic E-state index is 11.9. The van der Waals surface area contributed by atoms with Crippen molar-refractivity contribution in [3.63, 3.8) is 0 Å². The third kappa shape index (κ3) is 3.45. The van der Waals surface area contributed by atoms with Gasteiger partial charge in [0.05, 0.1) is 11.8 Å². The number of nitrogens with two attached hydrogens (primary N) is 1. The van der Waals surface area contributed by atoms with E-state index >= 15 is 0 Å². The van der Waals surface area contributed by atoms with Gasteiger partial charge in [-0.3, -0.25) is 9.52 Å².